The van der Waals surface area contributed by atoms with E-state index in [0.717, 1.165) is 24.9 Å². The van der Waals surface area contributed by atoms with Gasteiger partial charge in [0.15, 0.2) is 0 Å². The van der Waals surface area contributed by atoms with Crippen molar-refractivity contribution in [1.29, 1.82) is 0 Å². The molecule has 0 saturated carbocycles. The largest absolute Gasteiger partial charge is 0.495 e. The number of sulfonamides is 1. The molecule has 5 nitrogen and oxygen atoms in total. The van der Waals surface area contributed by atoms with Crippen molar-refractivity contribution >= 4 is 22.4 Å². The molecule has 1 aliphatic heterocycles. The van der Waals surface area contributed by atoms with Gasteiger partial charge >= 0.3 is 0 Å². The fourth-order valence-corrected chi connectivity index (χ4v) is 4.05. The number of rotatable bonds is 4. The fourth-order valence-electron chi connectivity index (χ4n) is 2.52. The van der Waals surface area contributed by atoms with Crippen molar-refractivity contribution in [2.75, 3.05) is 13.7 Å². The topological polar surface area (TPSA) is 67.4 Å². The van der Waals surface area contributed by atoms with Crippen LogP contribution in [0.4, 0.5) is 0 Å². The Hall–Kier alpha value is -0.820. The SMILES string of the molecule is COc1ccc(C)cc1S(=O)(=O)NC1CCNC(C)C1.Cl. The molecule has 7 heteroatoms. The number of hydrogen-bond donors (Lipinski definition) is 2. The third-order valence-electron chi connectivity index (χ3n) is 3.55. The molecule has 0 bridgehead atoms. The monoisotopic (exact) mass is 334 g/mol. The predicted octanol–water partition coefficient (Wildman–Crippen LogP) is 1.84. The first-order valence-electron chi connectivity index (χ1n) is 6.82. The molecule has 1 aromatic rings. The lowest BCUT2D eigenvalue weighted by Crippen LogP contribution is -2.46. The zero-order valence-corrected chi connectivity index (χ0v) is 14.2. The van der Waals surface area contributed by atoms with E-state index in [1.807, 2.05) is 13.0 Å². The molecule has 1 saturated heterocycles. The summed E-state index contributed by atoms with van der Waals surface area (Å²) in [5.41, 5.74) is 0.893. The van der Waals surface area contributed by atoms with Crippen molar-refractivity contribution < 1.29 is 13.2 Å². The van der Waals surface area contributed by atoms with E-state index in [-0.39, 0.29) is 23.3 Å². The highest BCUT2D eigenvalue weighted by molar-refractivity contribution is 7.89. The molecule has 2 N–H and O–H groups in total. The quantitative estimate of drug-likeness (QED) is 0.881. The fraction of sp³-hybridized carbons (Fsp3) is 0.571. The average molecular weight is 335 g/mol. The summed E-state index contributed by atoms with van der Waals surface area (Å²) in [5.74, 6) is 0.380. The van der Waals surface area contributed by atoms with Crippen LogP contribution >= 0.6 is 12.4 Å². The molecule has 0 amide bonds. The van der Waals surface area contributed by atoms with Crippen molar-refractivity contribution in [2.24, 2.45) is 0 Å². The van der Waals surface area contributed by atoms with Gasteiger partial charge in [0.1, 0.15) is 10.6 Å². The van der Waals surface area contributed by atoms with Gasteiger partial charge in [0.05, 0.1) is 7.11 Å². The highest BCUT2D eigenvalue weighted by Gasteiger charge is 2.26. The number of piperidine rings is 1. The molecule has 1 fully saturated rings. The van der Waals surface area contributed by atoms with E-state index in [1.165, 1.54) is 7.11 Å². The van der Waals surface area contributed by atoms with Gasteiger partial charge in [-0.3, -0.25) is 0 Å². The molecule has 0 aliphatic carbocycles. The van der Waals surface area contributed by atoms with Crippen molar-refractivity contribution in [2.45, 2.75) is 43.7 Å². The Kier molecular flexibility index (Phi) is 6.46. The number of hydrogen-bond acceptors (Lipinski definition) is 4. The Morgan fingerprint density at radius 3 is 2.71 bits per heavy atom. The Balaban J connectivity index is 0.00000220. The highest BCUT2D eigenvalue weighted by Crippen LogP contribution is 2.25. The first kappa shape index (κ1) is 18.2. The molecule has 21 heavy (non-hydrogen) atoms. The van der Waals surface area contributed by atoms with Crippen LogP contribution in [0.25, 0.3) is 0 Å². The Morgan fingerprint density at radius 1 is 1.38 bits per heavy atom. The first-order chi connectivity index (χ1) is 9.42. The molecular formula is C14H23ClN2O3S. The van der Waals surface area contributed by atoms with E-state index in [4.69, 9.17) is 4.74 Å². The van der Waals surface area contributed by atoms with Crippen molar-refractivity contribution in [3.05, 3.63) is 23.8 Å². The standard InChI is InChI=1S/C14H22N2O3S.ClH/c1-10-4-5-13(19-3)14(8-10)20(17,18)16-12-6-7-15-11(2)9-12;/h4-5,8,11-12,15-16H,6-7,9H2,1-3H3;1H. The van der Waals surface area contributed by atoms with E-state index < -0.39 is 10.0 Å². The lowest BCUT2D eigenvalue weighted by Gasteiger charge is -2.28. The summed E-state index contributed by atoms with van der Waals surface area (Å²) in [6.45, 7) is 4.76. The third kappa shape index (κ3) is 4.57. The number of benzene rings is 1. The van der Waals surface area contributed by atoms with Crippen LogP contribution in [0.5, 0.6) is 5.75 Å². The minimum Gasteiger partial charge on any atom is -0.495 e. The summed E-state index contributed by atoms with van der Waals surface area (Å²) in [6, 6.07) is 5.47. The molecule has 120 valence electrons. The minimum absolute atomic E-state index is 0. The van der Waals surface area contributed by atoms with E-state index in [9.17, 15) is 8.42 Å². The van der Waals surface area contributed by atoms with Crippen LogP contribution in [0, 0.1) is 6.92 Å². The summed E-state index contributed by atoms with van der Waals surface area (Å²) in [7, 11) is -2.07. The molecular weight excluding hydrogens is 312 g/mol. The normalized spacial score (nSPS) is 22.4. The molecule has 1 aliphatic rings. The zero-order chi connectivity index (χ0) is 14.8. The third-order valence-corrected chi connectivity index (χ3v) is 5.10. The van der Waals surface area contributed by atoms with Gasteiger partial charge in [0, 0.05) is 12.1 Å². The smallest absolute Gasteiger partial charge is 0.244 e. The lowest BCUT2D eigenvalue weighted by molar-refractivity contribution is 0.360. The van der Waals surface area contributed by atoms with Gasteiger partial charge in [-0.25, -0.2) is 13.1 Å². The summed E-state index contributed by atoms with van der Waals surface area (Å²) in [5, 5.41) is 3.31. The predicted molar refractivity (Wildman–Crippen MR) is 85.8 cm³/mol. The number of ether oxygens (including phenoxy) is 1. The number of nitrogens with one attached hydrogen (secondary N) is 2. The Labute approximate surface area is 132 Å². The second kappa shape index (κ2) is 7.45. The molecule has 2 rings (SSSR count). The minimum atomic E-state index is -3.55. The number of halogens is 1. The van der Waals surface area contributed by atoms with Crippen LogP contribution in [0.2, 0.25) is 0 Å². The van der Waals surface area contributed by atoms with Crippen LogP contribution < -0.4 is 14.8 Å². The molecule has 1 heterocycles. The average Bonchev–Trinajstić information content (AvgIpc) is 2.38. The van der Waals surface area contributed by atoms with E-state index >= 15 is 0 Å². The first-order valence-corrected chi connectivity index (χ1v) is 8.31. The van der Waals surface area contributed by atoms with Gasteiger partial charge in [-0.1, -0.05) is 6.07 Å². The van der Waals surface area contributed by atoms with E-state index in [2.05, 4.69) is 17.0 Å². The van der Waals surface area contributed by atoms with Crippen LogP contribution in [0.3, 0.4) is 0 Å². The van der Waals surface area contributed by atoms with Crippen LogP contribution in [-0.4, -0.2) is 34.2 Å². The number of methoxy groups -OCH3 is 1. The van der Waals surface area contributed by atoms with Crippen molar-refractivity contribution in [3.63, 3.8) is 0 Å². The second-order valence-electron chi connectivity index (χ2n) is 5.35. The molecule has 2 atom stereocenters. The summed E-state index contributed by atoms with van der Waals surface area (Å²) >= 11 is 0. The number of aryl methyl sites for hydroxylation is 1. The van der Waals surface area contributed by atoms with Gasteiger partial charge in [-0.15, -0.1) is 12.4 Å². The van der Waals surface area contributed by atoms with Crippen LogP contribution in [0.1, 0.15) is 25.3 Å². The lowest BCUT2D eigenvalue weighted by atomic mass is 10.0. The van der Waals surface area contributed by atoms with Crippen LogP contribution in [0.15, 0.2) is 23.1 Å². The zero-order valence-electron chi connectivity index (χ0n) is 12.5. The molecule has 0 spiro atoms. The second-order valence-corrected chi connectivity index (χ2v) is 7.03. The van der Waals surface area contributed by atoms with Crippen molar-refractivity contribution in [3.8, 4) is 5.75 Å². The molecule has 1 aromatic carbocycles. The molecule has 0 aromatic heterocycles. The Bertz CT molecular complexity index is 578. The van der Waals surface area contributed by atoms with Gasteiger partial charge in [-0.2, -0.15) is 0 Å². The van der Waals surface area contributed by atoms with Gasteiger partial charge < -0.3 is 10.1 Å². The molecule has 0 radical (unpaired) electrons. The van der Waals surface area contributed by atoms with Crippen molar-refractivity contribution in [1.82, 2.24) is 10.0 Å². The molecule has 2 unspecified atom stereocenters. The van der Waals surface area contributed by atoms with Gasteiger partial charge in [0.2, 0.25) is 10.0 Å². The summed E-state index contributed by atoms with van der Waals surface area (Å²) in [6.07, 6.45) is 1.60. The van der Waals surface area contributed by atoms with Gasteiger partial charge in [-0.05, 0) is 50.9 Å². The van der Waals surface area contributed by atoms with E-state index in [1.54, 1.807) is 12.1 Å². The van der Waals surface area contributed by atoms with Gasteiger partial charge in [0.25, 0.3) is 0 Å². The Morgan fingerprint density at radius 2 is 2.10 bits per heavy atom. The maximum Gasteiger partial charge on any atom is 0.244 e. The summed E-state index contributed by atoms with van der Waals surface area (Å²) in [4.78, 5) is 0.214. The maximum absolute atomic E-state index is 12.5. The summed E-state index contributed by atoms with van der Waals surface area (Å²) < 4.78 is 33.0. The van der Waals surface area contributed by atoms with E-state index in [0.29, 0.717) is 11.8 Å². The maximum atomic E-state index is 12.5. The van der Waals surface area contributed by atoms with Crippen LogP contribution in [-0.2, 0) is 10.0 Å². The highest BCUT2D eigenvalue weighted by atomic mass is 35.5.